The predicted molar refractivity (Wildman–Crippen MR) is 105 cm³/mol. The average Bonchev–Trinajstić information content (AvgIpc) is 3.20. The summed E-state index contributed by atoms with van der Waals surface area (Å²) in [4.78, 5) is 16.5. The molecule has 1 heterocycles. The van der Waals surface area contributed by atoms with E-state index in [0.29, 0.717) is 11.7 Å². The van der Waals surface area contributed by atoms with Crippen molar-refractivity contribution in [3.8, 4) is 17.1 Å². The van der Waals surface area contributed by atoms with Crippen molar-refractivity contribution in [3.63, 3.8) is 0 Å². The predicted octanol–water partition coefficient (Wildman–Crippen LogP) is 3.62. The Balaban J connectivity index is 1.30. The highest BCUT2D eigenvalue weighted by Crippen LogP contribution is 2.29. The monoisotopic (exact) mass is 377 g/mol. The molecule has 0 saturated carbocycles. The third-order valence-electron chi connectivity index (χ3n) is 4.93. The van der Waals surface area contributed by atoms with Gasteiger partial charge in [-0.3, -0.25) is 4.79 Å². The van der Waals surface area contributed by atoms with Gasteiger partial charge in [-0.1, -0.05) is 47.1 Å². The van der Waals surface area contributed by atoms with E-state index in [-0.39, 0.29) is 19.1 Å². The topological polar surface area (TPSA) is 77.2 Å². The van der Waals surface area contributed by atoms with E-state index >= 15 is 0 Å². The second-order valence-electron chi connectivity index (χ2n) is 7.04. The normalized spacial score (nSPS) is 13.0. The summed E-state index contributed by atoms with van der Waals surface area (Å²) in [5.41, 5.74) is 4.61. The van der Waals surface area contributed by atoms with Crippen LogP contribution in [0.5, 0.6) is 5.75 Å². The minimum Gasteiger partial charge on any atom is -0.483 e. The second-order valence-corrected chi connectivity index (χ2v) is 7.04. The molecule has 0 aliphatic heterocycles. The summed E-state index contributed by atoms with van der Waals surface area (Å²) >= 11 is 0. The molecule has 1 aliphatic rings. The first kappa shape index (κ1) is 18.2. The van der Waals surface area contributed by atoms with Crippen molar-refractivity contribution >= 4 is 5.91 Å². The van der Waals surface area contributed by atoms with Gasteiger partial charge in [0.05, 0.1) is 6.54 Å². The fourth-order valence-corrected chi connectivity index (χ4v) is 3.40. The van der Waals surface area contributed by atoms with E-state index in [9.17, 15) is 4.79 Å². The lowest BCUT2D eigenvalue weighted by atomic mass is 9.91. The molecule has 0 saturated heterocycles. The van der Waals surface area contributed by atoms with Crippen molar-refractivity contribution in [3.05, 3.63) is 65.0 Å². The van der Waals surface area contributed by atoms with Crippen LogP contribution in [0.15, 0.2) is 47.0 Å². The van der Waals surface area contributed by atoms with Crippen molar-refractivity contribution < 1.29 is 14.1 Å². The fraction of sp³-hybridized carbons (Fsp3) is 0.318. The third kappa shape index (κ3) is 4.22. The summed E-state index contributed by atoms with van der Waals surface area (Å²) in [6, 6.07) is 13.9. The molecule has 1 aliphatic carbocycles. The van der Waals surface area contributed by atoms with E-state index in [1.54, 1.807) is 0 Å². The second kappa shape index (κ2) is 8.25. The first-order valence-electron chi connectivity index (χ1n) is 9.59. The number of hydrogen-bond acceptors (Lipinski definition) is 5. The quantitative estimate of drug-likeness (QED) is 0.710. The van der Waals surface area contributed by atoms with Gasteiger partial charge in [0.25, 0.3) is 5.91 Å². The molecule has 1 N–H and O–H groups in total. The van der Waals surface area contributed by atoms with Gasteiger partial charge in [0.15, 0.2) is 6.61 Å². The maximum absolute atomic E-state index is 12.1. The molecule has 0 bridgehead atoms. The van der Waals surface area contributed by atoms with Gasteiger partial charge < -0.3 is 14.6 Å². The Morgan fingerprint density at radius 3 is 2.82 bits per heavy atom. The molecule has 0 radical (unpaired) electrons. The molecule has 4 rings (SSSR count). The molecule has 0 unspecified atom stereocenters. The van der Waals surface area contributed by atoms with Gasteiger partial charge in [-0.25, -0.2) is 0 Å². The van der Waals surface area contributed by atoms with Crippen LogP contribution in [0.2, 0.25) is 0 Å². The molecule has 6 nitrogen and oxygen atoms in total. The molecule has 2 aromatic carbocycles. The maximum atomic E-state index is 12.1. The van der Waals surface area contributed by atoms with Crippen LogP contribution in [-0.2, 0) is 24.2 Å². The third-order valence-corrected chi connectivity index (χ3v) is 4.93. The average molecular weight is 377 g/mol. The number of rotatable bonds is 6. The molecule has 144 valence electrons. The molecule has 0 spiro atoms. The zero-order valence-electron chi connectivity index (χ0n) is 15.9. The number of amides is 1. The molecular weight excluding hydrogens is 354 g/mol. The van der Waals surface area contributed by atoms with Crippen molar-refractivity contribution in [1.82, 2.24) is 15.5 Å². The van der Waals surface area contributed by atoms with Crippen LogP contribution in [0.25, 0.3) is 11.4 Å². The van der Waals surface area contributed by atoms with E-state index in [2.05, 4.69) is 21.5 Å². The Morgan fingerprint density at radius 1 is 1.14 bits per heavy atom. The lowest BCUT2D eigenvalue weighted by Crippen LogP contribution is -2.28. The summed E-state index contributed by atoms with van der Waals surface area (Å²) in [7, 11) is 0. The van der Waals surface area contributed by atoms with Gasteiger partial charge in [0.1, 0.15) is 5.75 Å². The Kier molecular flexibility index (Phi) is 5.37. The highest BCUT2D eigenvalue weighted by molar-refractivity contribution is 5.77. The largest absolute Gasteiger partial charge is 0.483 e. The number of aromatic nitrogens is 2. The molecular formula is C22H23N3O3. The lowest BCUT2D eigenvalue weighted by molar-refractivity contribution is -0.123. The zero-order chi connectivity index (χ0) is 19.3. The number of nitrogens with one attached hydrogen (secondary N) is 1. The molecule has 1 amide bonds. The van der Waals surface area contributed by atoms with Crippen molar-refractivity contribution in [1.29, 1.82) is 0 Å². The van der Waals surface area contributed by atoms with E-state index in [0.717, 1.165) is 24.2 Å². The summed E-state index contributed by atoms with van der Waals surface area (Å²) in [6.45, 7) is 2.16. The van der Waals surface area contributed by atoms with E-state index < -0.39 is 0 Å². The van der Waals surface area contributed by atoms with Crippen molar-refractivity contribution in [2.45, 2.75) is 39.2 Å². The van der Waals surface area contributed by atoms with Crippen LogP contribution in [-0.4, -0.2) is 22.7 Å². The molecule has 3 aromatic rings. The van der Waals surface area contributed by atoms with Crippen LogP contribution in [0.1, 0.15) is 35.4 Å². The number of fused-ring (bicyclic) bond motifs is 1. The van der Waals surface area contributed by atoms with Gasteiger partial charge in [-0.05, 0) is 49.8 Å². The Labute approximate surface area is 163 Å². The number of carbonyl (C=O) groups excluding carboxylic acids is 1. The minimum absolute atomic E-state index is 0.0323. The number of aryl methyl sites for hydroxylation is 2. The Bertz CT molecular complexity index is 963. The Hall–Kier alpha value is -3.15. The smallest absolute Gasteiger partial charge is 0.258 e. The molecule has 1 aromatic heterocycles. The van der Waals surface area contributed by atoms with Crippen LogP contribution in [0, 0.1) is 6.92 Å². The summed E-state index contributed by atoms with van der Waals surface area (Å²) < 4.78 is 11.0. The van der Waals surface area contributed by atoms with Crippen LogP contribution in [0.3, 0.4) is 0 Å². The summed E-state index contributed by atoms with van der Waals surface area (Å²) in [6.07, 6.45) is 4.47. The SMILES string of the molecule is Cc1ccc(-c2noc(CNC(=O)COc3cccc4c3CCCC4)n2)cc1. The van der Waals surface area contributed by atoms with Gasteiger partial charge in [-0.2, -0.15) is 4.98 Å². The molecule has 28 heavy (non-hydrogen) atoms. The number of ether oxygens (including phenoxy) is 1. The standard InChI is InChI=1S/C22H23N3O3/c1-15-9-11-17(12-10-15)22-24-21(28-25-22)13-23-20(26)14-27-19-8-4-6-16-5-2-3-7-18(16)19/h4,6,8-12H,2-3,5,7,13-14H2,1H3,(H,23,26). The van der Waals surface area contributed by atoms with E-state index in [1.165, 1.54) is 29.5 Å². The van der Waals surface area contributed by atoms with Gasteiger partial charge >= 0.3 is 0 Å². The number of benzene rings is 2. The lowest BCUT2D eigenvalue weighted by Gasteiger charge is -2.19. The van der Waals surface area contributed by atoms with E-state index in [1.807, 2.05) is 43.3 Å². The first-order chi connectivity index (χ1) is 13.7. The number of nitrogens with zero attached hydrogens (tertiary/aromatic N) is 2. The molecule has 0 fully saturated rings. The maximum Gasteiger partial charge on any atom is 0.258 e. The van der Waals surface area contributed by atoms with Gasteiger partial charge in [0, 0.05) is 5.56 Å². The zero-order valence-corrected chi connectivity index (χ0v) is 15.9. The summed E-state index contributed by atoms with van der Waals surface area (Å²) in [5, 5.41) is 6.73. The molecule has 0 atom stereocenters. The highest BCUT2D eigenvalue weighted by atomic mass is 16.5. The van der Waals surface area contributed by atoms with Crippen molar-refractivity contribution in [2.75, 3.05) is 6.61 Å². The van der Waals surface area contributed by atoms with Crippen molar-refractivity contribution in [2.24, 2.45) is 0 Å². The van der Waals surface area contributed by atoms with Crippen LogP contribution in [0.4, 0.5) is 0 Å². The Morgan fingerprint density at radius 2 is 1.96 bits per heavy atom. The van der Waals surface area contributed by atoms with E-state index in [4.69, 9.17) is 9.26 Å². The van der Waals surface area contributed by atoms with Crippen LogP contribution < -0.4 is 10.1 Å². The fourth-order valence-electron chi connectivity index (χ4n) is 3.40. The summed E-state index contributed by atoms with van der Waals surface area (Å²) in [5.74, 6) is 1.47. The molecule has 6 heteroatoms. The van der Waals surface area contributed by atoms with Crippen LogP contribution >= 0.6 is 0 Å². The highest BCUT2D eigenvalue weighted by Gasteiger charge is 2.15. The number of carbonyl (C=O) groups is 1. The van der Waals surface area contributed by atoms with Gasteiger partial charge in [0.2, 0.25) is 11.7 Å². The number of hydrogen-bond donors (Lipinski definition) is 1. The van der Waals surface area contributed by atoms with Gasteiger partial charge in [-0.15, -0.1) is 0 Å². The minimum atomic E-state index is -0.219. The first-order valence-corrected chi connectivity index (χ1v) is 9.59.